The van der Waals surface area contributed by atoms with Crippen LogP contribution in [-0.4, -0.2) is 0 Å². The Morgan fingerprint density at radius 1 is 0.667 bits per heavy atom. The summed E-state index contributed by atoms with van der Waals surface area (Å²) in [5.74, 6) is 0. The molecule has 2 aromatic rings. The first kappa shape index (κ1) is 15.1. The fraction of sp³-hybridized carbons (Fsp3) is 0. The van der Waals surface area contributed by atoms with Gasteiger partial charge in [0.1, 0.15) is 0 Å². The lowest BCUT2D eigenvalue weighted by Gasteiger charge is -2.06. The highest BCUT2D eigenvalue weighted by Gasteiger charge is 2.00. The van der Waals surface area contributed by atoms with Crippen LogP contribution in [0.4, 0.5) is 0 Å². The third kappa shape index (κ3) is 3.87. The molecule has 2 rings (SSSR count). The predicted molar refractivity (Wildman–Crippen MR) is 95.5 cm³/mol. The Bertz CT molecular complexity index is 611. The normalized spacial score (nSPS) is 9.90. The molecular formula is C20H18S. The summed E-state index contributed by atoms with van der Waals surface area (Å²) in [7, 11) is 0. The highest BCUT2D eigenvalue weighted by Crippen LogP contribution is 2.29. The van der Waals surface area contributed by atoms with E-state index in [4.69, 9.17) is 0 Å². The zero-order chi connectivity index (χ0) is 15.2. The van der Waals surface area contributed by atoms with E-state index in [2.05, 4.69) is 74.8 Å². The monoisotopic (exact) mass is 290 g/mol. The molecule has 0 N–H and O–H groups in total. The smallest absolute Gasteiger partial charge is 0.0122 e. The Balaban J connectivity index is 2.11. The standard InChI is InChI=1S/C20H18S/c1-5-15(3)17-7-11-19(12-8-17)21-20-13-9-18(10-14-20)16(4)6-2/h5-14H,1-4H2. The van der Waals surface area contributed by atoms with E-state index >= 15 is 0 Å². The molecule has 0 atom stereocenters. The van der Waals surface area contributed by atoms with E-state index in [1.807, 2.05) is 0 Å². The van der Waals surface area contributed by atoms with Crippen LogP contribution in [-0.2, 0) is 0 Å². The van der Waals surface area contributed by atoms with Crippen molar-refractivity contribution in [3.8, 4) is 0 Å². The summed E-state index contributed by atoms with van der Waals surface area (Å²) < 4.78 is 0. The molecule has 0 aliphatic rings. The van der Waals surface area contributed by atoms with E-state index in [1.54, 1.807) is 23.9 Å². The van der Waals surface area contributed by atoms with Crippen LogP contribution in [0, 0.1) is 0 Å². The Labute approximate surface area is 131 Å². The Kier molecular flexibility index (Phi) is 5.02. The minimum atomic E-state index is 0.943. The number of hydrogen-bond donors (Lipinski definition) is 0. The molecule has 0 spiro atoms. The average Bonchev–Trinajstić information content (AvgIpc) is 2.55. The topological polar surface area (TPSA) is 0 Å². The summed E-state index contributed by atoms with van der Waals surface area (Å²) in [5, 5.41) is 0. The molecule has 0 bridgehead atoms. The van der Waals surface area contributed by atoms with Crippen molar-refractivity contribution in [2.24, 2.45) is 0 Å². The Morgan fingerprint density at radius 3 is 1.29 bits per heavy atom. The zero-order valence-electron chi connectivity index (χ0n) is 12.0. The number of rotatable bonds is 6. The predicted octanol–water partition coefficient (Wildman–Crippen LogP) is 6.24. The van der Waals surface area contributed by atoms with Crippen LogP contribution in [0.2, 0.25) is 0 Å². The van der Waals surface area contributed by atoms with Gasteiger partial charge in [-0.2, -0.15) is 0 Å². The summed E-state index contributed by atoms with van der Waals surface area (Å²) >= 11 is 1.73. The maximum Gasteiger partial charge on any atom is 0.0122 e. The molecule has 0 saturated heterocycles. The molecular weight excluding hydrogens is 272 g/mol. The fourth-order valence-electron chi connectivity index (χ4n) is 1.85. The lowest BCUT2D eigenvalue weighted by molar-refractivity contribution is 1.39. The highest BCUT2D eigenvalue weighted by molar-refractivity contribution is 7.99. The van der Waals surface area contributed by atoms with Crippen LogP contribution in [0.25, 0.3) is 11.1 Å². The van der Waals surface area contributed by atoms with Gasteiger partial charge in [-0.1, -0.05) is 74.5 Å². The van der Waals surface area contributed by atoms with E-state index < -0.39 is 0 Å². The van der Waals surface area contributed by atoms with Crippen LogP contribution in [0.15, 0.2) is 96.8 Å². The van der Waals surface area contributed by atoms with Gasteiger partial charge >= 0.3 is 0 Å². The van der Waals surface area contributed by atoms with Gasteiger partial charge in [-0.15, -0.1) is 0 Å². The summed E-state index contributed by atoms with van der Waals surface area (Å²) in [6.45, 7) is 15.4. The van der Waals surface area contributed by atoms with E-state index in [0.717, 1.165) is 22.3 Å². The van der Waals surface area contributed by atoms with Crippen molar-refractivity contribution in [2.75, 3.05) is 0 Å². The largest absolute Gasteiger partial charge is 0.0985 e. The maximum absolute atomic E-state index is 3.95. The molecule has 0 fully saturated rings. The third-order valence-electron chi connectivity index (χ3n) is 3.18. The van der Waals surface area contributed by atoms with Gasteiger partial charge in [0.05, 0.1) is 0 Å². The molecule has 21 heavy (non-hydrogen) atoms. The van der Waals surface area contributed by atoms with Crippen LogP contribution < -0.4 is 0 Å². The van der Waals surface area contributed by atoms with Crippen LogP contribution >= 0.6 is 11.8 Å². The first-order valence-electron chi connectivity index (χ1n) is 6.65. The second kappa shape index (κ2) is 6.96. The quantitative estimate of drug-likeness (QED) is 0.568. The zero-order valence-corrected chi connectivity index (χ0v) is 12.8. The van der Waals surface area contributed by atoms with Crippen molar-refractivity contribution < 1.29 is 0 Å². The molecule has 0 heterocycles. The summed E-state index contributed by atoms with van der Waals surface area (Å²) in [5.41, 5.74) is 4.09. The fourth-order valence-corrected chi connectivity index (χ4v) is 2.66. The summed E-state index contributed by atoms with van der Waals surface area (Å²) in [4.78, 5) is 2.40. The second-order valence-corrected chi connectivity index (χ2v) is 5.76. The number of benzene rings is 2. The number of hydrogen-bond acceptors (Lipinski definition) is 1. The lowest BCUT2D eigenvalue weighted by atomic mass is 10.1. The van der Waals surface area contributed by atoms with E-state index in [9.17, 15) is 0 Å². The highest BCUT2D eigenvalue weighted by atomic mass is 32.2. The first-order chi connectivity index (χ1) is 10.1. The minimum Gasteiger partial charge on any atom is -0.0985 e. The van der Waals surface area contributed by atoms with Crippen molar-refractivity contribution in [2.45, 2.75) is 9.79 Å². The van der Waals surface area contributed by atoms with Gasteiger partial charge < -0.3 is 0 Å². The van der Waals surface area contributed by atoms with Gasteiger partial charge in [-0.05, 0) is 46.5 Å². The molecule has 0 unspecified atom stereocenters. The molecule has 2 aromatic carbocycles. The van der Waals surface area contributed by atoms with Gasteiger partial charge in [-0.3, -0.25) is 0 Å². The summed E-state index contributed by atoms with van der Waals surface area (Å²) in [6.07, 6.45) is 3.54. The van der Waals surface area contributed by atoms with Gasteiger partial charge in [0, 0.05) is 9.79 Å². The molecule has 0 radical (unpaired) electrons. The van der Waals surface area contributed by atoms with Gasteiger partial charge in [0.25, 0.3) is 0 Å². The van der Waals surface area contributed by atoms with Crippen molar-refractivity contribution in [3.63, 3.8) is 0 Å². The van der Waals surface area contributed by atoms with Crippen molar-refractivity contribution in [3.05, 3.63) is 98.1 Å². The maximum atomic E-state index is 3.95. The molecule has 0 aliphatic heterocycles. The second-order valence-electron chi connectivity index (χ2n) is 4.61. The SMILES string of the molecule is C=CC(=C)c1ccc(Sc2ccc(C(=C)C=C)cc2)cc1. The van der Waals surface area contributed by atoms with Gasteiger partial charge in [-0.25, -0.2) is 0 Å². The van der Waals surface area contributed by atoms with E-state index in [0.29, 0.717) is 0 Å². The van der Waals surface area contributed by atoms with Crippen molar-refractivity contribution in [1.29, 1.82) is 0 Å². The van der Waals surface area contributed by atoms with Gasteiger partial charge in [0.15, 0.2) is 0 Å². The van der Waals surface area contributed by atoms with E-state index in [-0.39, 0.29) is 0 Å². The average molecular weight is 290 g/mol. The van der Waals surface area contributed by atoms with Gasteiger partial charge in [0.2, 0.25) is 0 Å². The van der Waals surface area contributed by atoms with Crippen molar-refractivity contribution in [1.82, 2.24) is 0 Å². The van der Waals surface area contributed by atoms with Crippen LogP contribution in [0.3, 0.4) is 0 Å². The Morgan fingerprint density at radius 2 is 1.00 bits per heavy atom. The molecule has 1 heteroatoms. The summed E-state index contributed by atoms with van der Waals surface area (Å²) in [6, 6.07) is 16.7. The molecule has 0 aliphatic carbocycles. The van der Waals surface area contributed by atoms with E-state index in [1.165, 1.54) is 9.79 Å². The lowest BCUT2D eigenvalue weighted by Crippen LogP contribution is -1.81. The Hall–Kier alpha value is -2.25. The van der Waals surface area contributed by atoms with Crippen LogP contribution in [0.1, 0.15) is 11.1 Å². The number of allylic oxidation sites excluding steroid dienone is 4. The molecule has 0 aromatic heterocycles. The molecule has 104 valence electrons. The molecule has 0 nitrogen and oxygen atoms in total. The first-order valence-corrected chi connectivity index (χ1v) is 7.47. The van der Waals surface area contributed by atoms with Crippen molar-refractivity contribution >= 4 is 22.9 Å². The molecule has 0 amide bonds. The minimum absolute atomic E-state index is 0.943. The van der Waals surface area contributed by atoms with Crippen LogP contribution in [0.5, 0.6) is 0 Å². The third-order valence-corrected chi connectivity index (χ3v) is 4.19. The molecule has 0 saturated carbocycles.